The zero-order valence-electron chi connectivity index (χ0n) is 16.2. The van der Waals surface area contributed by atoms with Gasteiger partial charge in [0.15, 0.2) is 0 Å². The third-order valence-corrected chi connectivity index (χ3v) is 7.83. The number of hydrogen-bond acceptors (Lipinski definition) is 5. The number of aromatic nitrogens is 2. The summed E-state index contributed by atoms with van der Waals surface area (Å²) in [5, 5.41) is 3.72. The van der Waals surface area contributed by atoms with E-state index >= 15 is 0 Å². The van der Waals surface area contributed by atoms with Crippen molar-refractivity contribution in [3.8, 4) is 0 Å². The zero-order valence-corrected chi connectivity index (χ0v) is 16.2. The second kappa shape index (κ2) is 6.35. The number of nitrogens with two attached hydrogens (primary N) is 1. The van der Waals surface area contributed by atoms with Crippen molar-refractivity contribution in [3.63, 3.8) is 0 Å². The molecule has 1 aliphatic heterocycles. The van der Waals surface area contributed by atoms with Gasteiger partial charge < -0.3 is 16.0 Å². The number of piperidine rings is 1. The van der Waals surface area contributed by atoms with Gasteiger partial charge in [-0.2, -0.15) is 0 Å². The Morgan fingerprint density at radius 1 is 1.15 bits per heavy atom. The van der Waals surface area contributed by atoms with Crippen LogP contribution in [0.15, 0.2) is 12.4 Å². The molecule has 4 aliphatic carbocycles. The van der Waals surface area contributed by atoms with E-state index in [4.69, 9.17) is 5.73 Å². The lowest BCUT2D eigenvalue weighted by Crippen LogP contribution is -2.59. The molecule has 4 saturated carbocycles. The average Bonchev–Trinajstić information content (AvgIpc) is 2.65. The largest absolute Gasteiger partial charge is 0.379 e. The first-order chi connectivity index (χ1) is 13.0. The predicted octanol–water partition coefficient (Wildman–Crippen LogP) is 2.81. The van der Waals surface area contributed by atoms with Gasteiger partial charge in [-0.1, -0.05) is 6.92 Å². The Morgan fingerprint density at radius 3 is 2.37 bits per heavy atom. The van der Waals surface area contributed by atoms with Crippen LogP contribution in [0.1, 0.15) is 51.9 Å². The quantitative estimate of drug-likeness (QED) is 0.852. The van der Waals surface area contributed by atoms with Gasteiger partial charge in [0.05, 0.1) is 18.1 Å². The Kier molecular flexibility index (Phi) is 4.06. The van der Waals surface area contributed by atoms with E-state index in [9.17, 15) is 4.79 Å². The van der Waals surface area contributed by atoms with Crippen LogP contribution in [0, 0.1) is 29.1 Å². The third kappa shape index (κ3) is 2.97. The summed E-state index contributed by atoms with van der Waals surface area (Å²) in [6.45, 7) is 4.42. The molecule has 27 heavy (non-hydrogen) atoms. The first kappa shape index (κ1) is 17.3. The summed E-state index contributed by atoms with van der Waals surface area (Å²) in [6.07, 6.45) is 11.7. The SMILES string of the molecule is CC1CCN(c2ncc(NC3C4CC5CC3CC(C(N)=O)(C5)C4)cn2)CC1. The van der Waals surface area contributed by atoms with E-state index in [0.29, 0.717) is 23.8 Å². The maximum absolute atomic E-state index is 12.1. The number of hydrogen-bond donors (Lipinski definition) is 2. The highest BCUT2D eigenvalue weighted by Gasteiger charge is 2.57. The van der Waals surface area contributed by atoms with Crippen molar-refractivity contribution < 1.29 is 4.79 Å². The van der Waals surface area contributed by atoms with Crippen molar-refractivity contribution in [2.24, 2.45) is 34.8 Å². The molecular weight excluding hydrogens is 338 g/mol. The van der Waals surface area contributed by atoms with Gasteiger partial charge in [0, 0.05) is 24.5 Å². The van der Waals surface area contributed by atoms with Crippen LogP contribution >= 0.6 is 0 Å². The highest BCUT2D eigenvalue weighted by molar-refractivity contribution is 5.81. The van der Waals surface area contributed by atoms with Crippen LogP contribution < -0.4 is 16.0 Å². The Balaban J connectivity index is 1.27. The monoisotopic (exact) mass is 369 g/mol. The van der Waals surface area contributed by atoms with Crippen LogP contribution in [0.5, 0.6) is 0 Å². The molecule has 2 heterocycles. The number of anilines is 2. The molecule has 2 unspecified atom stereocenters. The maximum Gasteiger partial charge on any atom is 0.225 e. The van der Waals surface area contributed by atoms with E-state index in [0.717, 1.165) is 49.9 Å². The second-order valence-electron chi connectivity index (χ2n) is 9.73. The molecule has 2 atom stereocenters. The van der Waals surface area contributed by atoms with Crippen LogP contribution in [0.25, 0.3) is 0 Å². The fourth-order valence-corrected chi connectivity index (χ4v) is 6.52. The minimum atomic E-state index is -0.222. The van der Waals surface area contributed by atoms with E-state index in [1.165, 1.54) is 25.7 Å². The molecule has 1 aromatic heterocycles. The Hall–Kier alpha value is -1.85. The number of carbonyl (C=O) groups excluding carboxylic acids is 1. The lowest BCUT2D eigenvalue weighted by molar-refractivity contribution is -0.143. The number of amides is 1. The van der Waals surface area contributed by atoms with Crippen molar-refractivity contribution in [3.05, 3.63) is 12.4 Å². The first-order valence-electron chi connectivity index (χ1n) is 10.7. The molecule has 5 fully saturated rings. The summed E-state index contributed by atoms with van der Waals surface area (Å²) < 4.78 is 0. The van der Waals surface area contributed by atoms with Crippen molar-refractivity contribution in [2.75, 3.05) is 23.3 Å². The van der Waals surface area contributed by atoms with Crippen LogP contribution in [-0.4, -0.2) is 35.0 Å². The number of primary amides is 1. The highest BCUT2D eigenvalue weighted by Crippen LogP contribution is 2.60. The molecule has 1 amide bonds. The highest BCUT2D eigenvalue weighted by atomic mass is 16.1. The summed E-state index contributed by atoms with van der Waals surface area (Å²) >= 11 is 0. The standard InChI is InChI=1S/C21H31N5O/c1-13-2-4-26(5-3-13)20-23-11-17(12-24-20)25-18-15-6-14-7-16(18)10-21(8-14,9-15)19(22)27/h11-16,18,25H,2-10H2,1H3,(H2,22,27). The molecule has 0 aromatic carbocycles. The fourth-order valence-electron chi connectivity index (χ4n) is 6.52. The van der Waals surface area contributed by atoms with Gasteiger partial charge in [0.1, 0.15) is 0 Å². The summed E-state index contributed by atoms with van der Waals surface area (Å²) in [5.74, 6) is 3.38. The predicted molar refractivity (Wildman–Crippen MR) is 105 cm³/mol. The van der Waals surface area contributed by atoms with Gasteiger partial charge in [-0.05, 0) is 68.6 Å². The van der Waals surface area contributed by atoms with E-state index in [1.807, 2.05) is 12.4 Å². The molecular formula is C21H31N5O. The minimum Gasteiger partial charge on any atom is -0.379 e. The van der Waals surface area contributed by atoms with Crippen LogP contribution in [0.2, 0.25) is 0 Å². The molecule has 1 saturated heterocycles. The molecule has 0 radical (unpaired) electrons. The topological polar surface area (TPSA) is 84.1 Å². The normalized spacial score (nSPS) is 38.2. The number of nitrogens with one attached hydrogen (secondary N) is 1. The van der Waals surface area contributed by atoms with Gasteiger partial charge >= 0.3 is 0 Å². The number of carbonyl (C=O) groups is 1. The summed E-state index contributed by atoms with van der Waals surface area (Å²) in [5.41, 5.74) is 6.59. The fraction of sp³-hybridized carbons (Fsp3) is 0.762. The molecule has 3 N–H and O–H groups in total. The average molecular weight is 370 g/mol. The van der Waals surface area contributed by atoms with Crippen molar-refractivity contribution in [2.45, 2.75) is 57.9 Å². The molecule has 6 heteroatoms. The van der Waals surface area contributed by atoms with E-state index in [2.05, 4.69) is 27.1 Å². The molecule has 146 valence electrons. The van der Waals surface area contributed by atoms with Crippen molar-refractivity contribution in [1.82, 2.24) is 9.97 Å². The van der Waals surface area contributed by atoms with Gasteiger partial charge in [-0.3, -0.25) is 4.79 Å². The van der Waals surface area contributed by atoms with E-state index < -0.39 is 0 Å². The van der Waals surface area contributed by atoms with Gasteiger partial charge in [0.25, 0.3) is 0 Å². The number of nitrogens with zero attached hydrogens (tertiary/aromatic N) is 3. The second-order valence-corrected chi connectivity index (χ2v) is 9.73. The van der Waals surface area contributed by atoms with E-state index in [-0.39, 0.29) is 11.3 Å². The van der Waals surface area contributed by atoms with Crippen LogP contribution in [-0.2, 0) is 4.79 Å². The molecule has 5 aliphatic rings. The van der Waals surface area contributed by atoms with Gasteiger partial charge in [-0.15, -0.1) is 0 Å². The third-order valence-electron chi connectivity index (χ3n) is 7.83. The van der Waals surface area contributed by atoms with Gasteiger partial charge in [0.2, 0.25) is 11.9 Å². The Morgan fingerprint density at radius 2 is 1.78 bits per heavy atom. The molecule has 6 rings (SSSR count). The molecule has 1 aromatic rings. The van der Waals surface area contributed by atoms with Gasteiger partial charge in [-0.25, -0.2) is 9.97 Å². The first-order valence-corrected chi connectivity index (χ1v) is 10.7. The Bertz CT molecular complexity index is 696. The van der Waals surface area contributed by atoms with E-state index in [1.54, 1.807) is 0 Å². The smallest absolute Gasteiger partial charge is 0.225 e. The maximum atomic E-state index is 12.1. The van der Waals surface area contributed by atoms with Crippen LogP contribution in [0.4, 0.5) is 11.6 Å². The van der Waals surface area contributed by atoms with Crippen molar-refractivity contribution in [1.29, 1.82) is 0 Å². The summed E-state index contributed by atoms with van der Waals surface area (Å²) in [4.78, 5) is 23.7. The van der Waals surface area contributed by atoms with Crippen LogP contribution in [0.3, 0.4) is 0 Å². The number of rotatable bonds is 4. The summed E-state index contributed by atoms with van der Waals surface area (Å²) in [6, 6.07) is 0.430. The molecule has 0 spiro atoms. The molecule has 4 bridgehead atoms. The zero-order chi connectivity index (χ0) is 18.6. The lowest BCUT2D eigenvalue weighted by Gasteiger charge is -2.59. The summed E-state index contributed by atoms with van der Waals surface area (Å²) in [7, 11) is 0. The lowest BCUT2D eigenvalue weighted by atomic mass is 9.47. The Labute approximate surface area is 161 Å². The van der Waals surface area contributed by atoms with Crippen molar-refractivity contribution >= 4 is 17.5 Å². The molecule has 6 nitrogen and oxygen atoms in total. The minimum absolute atomic E-state index is 0.0658.